The van der Waals surface area contributed by atoms with E-state index in [9.17, 15) is 5.11 Å². The second-order valence-corrected chi connectivity index (χ2v) is 4.34. The van der Waals surface area contributed by atoms with Gasteiger partial charge in [-0.15, -0.1) is 0 Å². The van der Waals surface area contributed by atoms with Crippen molar-refractivity contribution in [2.24, 2.45) is 5.92 Å². The van der Waals surface area contributed by atoms with E-state index in [-0.39, 0.29) is 0 Å². The van der Waals surface area contributed by atoms with Gasteiger partial charge in [-0.3, -0.25) is 0 Å². The van der Waals surface area contributed by atoms with Crippen LogP contribution in [0.25, 0.3) is 0 Å². The molecule has 2 N–H and O–H groups in total. The lowest BCUT2D eigenvalue weighted by molar-refractivity contribution is -0.0260. The fourth-order valence-corrected chi connectivity index (χ4v) is 2.55. The van der Waals surface area contributed by atoms with Crippen molar-refractivity contribution < 1.29 is 5.11 Å². The van der Waals surface area contributed by atoms with Gasteiger partial charge in [-0.25, -0.2) is 0 Å². The summed E-state index contributed by atoms with van der Waals surface area (Å²) in [6, 6.07) is 0.986. The third-order valence-corrected chi connectivity index (χ3v) is 3.42. The summed E-state index contributed by atoms with van der Waals surface area (Å²) in [4.78, 5) is 0. The molecule has 64 valence electrons. The zero-order valence-electron chi connectivity index (χ0n) is 7.30. The first-order valence-corrected chi connectivity index (χ1v) is 4.61. The van der Waals surface area contributed by atoms with E-state index < -0.39 is 5.60 Å². The maximum atomic E-state index is 10.2. The fraction of sp³-hybridized carbons (Fsp3) is 1.00. The van der Waals surface area contributed by atoms with Gasteiger partial charge in [0.2, 0.25) is 0 Å². The molecule has 3 unspecified atom stereocenters. The molecule has 0 aliphatic carbocycles. The Morgan fingerprint density at radius 3 is 2.45 bits per heavy atom. The van der Waals surface area contributed by atoms with E-state index >= 15 is 0 Å². The van der Waals surface area contributed by atoms with E-state index in [1.54, 1.807) is 0 Å². The highest BCUT2D eigenvalue weighted by Crippen LogP contribution is 2.40. The fourth-order valence-electron chi connectivity index (χ4n) is 2.55. The molecule has 3 atom stereocenters. The van der Waals surface area contributed by atoms with Crippen LogP contribution in [-0.4, -0.2) is 22.8 Å². The van der Waals surface area contributed by atoms with Crippen LogP contribution in [0.5, 0.6) is 0 Å². The van der Waals surface area contributed by atoms with Gasteiger partial charge in [-0.1, -0.05) is 13.8 Å². The minimum absolute atomic E-state index is 0.382. The van der Waals surface area contributed by atoms with Crippen LogP contribution in [0.15, 0.2) is 0 Å². The first kappa shape index (κ1) is 7.56. The first-order valence-electron chi connectivity index (χ1n) is 4.61. The van der Waals surface area contributed by atoms with Gasteiger partial charge in [0.25, 0.3) is 0 Å². The summed E-state index contributed by atoms with van der Waals surface area (Å²) in [7, 11) is 0. The predicted molar refractivity (Wildman–Crippen MR) is 44.4 cm³/mol. The van der Waals surface area contributed by atoms with Gasteiger partial charge in [0.05, 0.1) is 5.60 Å². The molecule has 11 heavy (non-hydrogen) atoms. The summed E-state index contributed by atoms with van der Waals surface area (Å²) in [5.74, 6) is 0.394. The molecule has 0 aromatic rings. The van der Waals surface area contributed by atoms with Crippen LogP contribution < -0.4 is 5.32 Å². The molecule has 2 heteroatoms. The lowest BCUT2D eigenvalue weighted by atomic mass is 9.77. The average Bonchev–Trinajstić information content (AvgIpc) is 2.45. The maximum Gasteiger partial charge on any atom is 0.0837 e. The Bertz CT molecular complexity index is 169. The molecule has 0 spiro atoms. The smallest absolute Gasteiger partial charge is 0.0837 e. The Kier molecular flexibility index (Phi) is 1.52. The molecule has 2 aliphatic rings. The summed E-state index contributed by atoms with van der Waals surface area (Å²) in [6.07, 6.45) is 3.40. The van der Waals surface area contributed by atoms with Gasteiger partial charge in [0, 0.05) is 12.1 Å². The highest BCUT2D eigenvalue weighted by Gasteiger charge is 2.51. The summed E-state index contributed by atoms with van der Waals surface area (Å²) in [5.41, 5.74) is -0.400. The Morgan fingerprint density at radius 2 is 2.18 bits per heavy atom. The van der Waals surface area contributed by atoms with Crippen LogP contribution in [-0.2, 0) is 0 Å². The second-order valence-electron chi connectivity index (χ2n) is 4.34. The number of rotatable bonds is 1. The molecule has 2 saturated heterocycles. The molecule has 0 radical (unpaired) electrons. The standard InChI is InChI=1S/C9H17NO/c1-6(2)9(11)5-7-3-4-8(9)10-7/h6-8,10-11H,3-5H2,1-2H3. The van der Waals surface area contributed by atoms with Gasteiger partial charge in [-0.2, -0.15) is 0 Å². The summed E-state index contributed by atoms with van der Waals surface area (Å²) in [6.45, 7) is 4.23. The molecule has 0 amide bonds. The van der Waals surface area contributed by atoms with Crippen molar-refractivity contribution in [1.82, 2.24) is 5.32 Å². The van der Waals surface area contributed by atoms with Crippen LogP contribution in [0.3, 0.4) is 0 Å². The van der Waals surface area contributed by atoms with Gasteiger partial charge >= 0.3 is 0 Å². The van der Waals surface area contributed by atoms with E-state index in [2.05, 4.69) is 19.2 Å². The number of hydrogen-bond acceptors (Lipinski definition) is 2. The normalized spacial score (nSPS) is 49.1. The van der Waals surface area contributed by atoms with Crippen LogP contribution in [0.4, 0.5) is 0 Å². The first-order chi connectivity index (χ1) is 5.13. The minimum atomic E-state index is -0.400. The van der Waals surface area contributed by atoms with Crippen molar-refractivity contribution >= 4 is 0 Å². The Hall–Kier alpha value is -0.0800. The zero-order chi connectivity index (χ0) is 8.06. The number of fused-ring (bicyclic) bond motifs is 2. The van der Waals surface area contributed by atoms with Gasteiger partial charge < -0.3 is 10.4 Å². The van der Waals surface area contributed by atoms with E-state index in [4.69, 9.17) is 0 Å². The van der Waals surface area contributed by atoms with Crippen LogP contribution in [0.1, 0.15) is 33.1 Å². The average molecular weight is 155 g/mol. The molecule has 2 fully saturated rings. The highest BCUT2D eigenvalue weighted by atomic mass is 16.3. The number of hydrogen-bond donors (Lipinski definition) is 2. The zero-order valence-corrected chi connectivity index (χ0v) is 7.30. The predicted octanol–water partition coefficient (Wildman–Crippen LogP) is 0.898. The topological polar surface area (TPSA) is 32.3 Å². The minimum Gasteiger partial charge on any atom is -0.388 e. The lowest BCUT2D eigenvalue weighted by Gasteiger charge is -2.34. The van der Waals surface area contributed by atoms with E-state index in [1.807, 2.05) is 0 Å². The Morgan fingerprint density at radius 1 is 1.45 bits per heavy atom. The van der Waals surface area contributed by atoms with Crippen molar-refractivity contribution in [3.8, 4) is 0 Å². The van der Waals surface area contributed by atoms with Crippen molar-refractivity contribution in [3.63, 3.8) is 0 Å². The molecule has 2 aliphatic heterocycles. The Labute approximate surface area is 68.0 Å². The van der Waals surface area contributed by atoms with Crippen molar-refractivity contribution in [2.75, 3.05) is 0 Å². The molecule has 0 saturated carbocycles. The lowest BCUT2D eigenvalue weighted by Crippen LogP contribution is -2.46. The van der Waals surface area contributed by atoms with Crippen LogP contribution >= 0.6 is 0 Å². The summed E-state index contributed by atoms with van der Waals surface area (Å²) in [5, 5.41) is 13.6. The molecule has 2 heterocycles. The molecule has 0 aromatic heterocycles. The van der Waals surface area contributed by atoms with E-state index in [1.165, 1.54) is 12.8 Å². The third kappa shape index (κ3) is 0.926. The SMILES string of the molecule is CC(C)C1(O)CC2CCC1N2. The Balaban J connectivity index is 2.16. The highest BCUT2D eigenvalue weighted by molar-refractivity contribution is 5.08. The van der Waals surface area contributed by atoms with Gasteiger partial charge in [0.15, 0.2) is 0 Å². The quantitative estimate of drug-likeness (QED) is 0.589. The molecule has 0 aromatic carbocycles. The largest absolute Gasteiger partial charge is 0.388 e. The maximum absolute atomic E-state index is 10.2. The molecular weight excluding hydrogens is 138 g/mol. The van der Waals surface area contributed by atoms with Crippen molar-refractivity contribution in [2.45, 2.75) is 50.8 Å². The summed E-state index contributed by atoms with van der Waals surface area (Å²) < 4.78 is 0. The molecule has 2 nitrogen and oxygen atoms in total. The van der Waals surface area contributed by atoms with Gasteiger partial charge in [0.1, 0.15) is 0 Å². The molecular formula is C9H17NO. The van der Waals surface area contributed by atoms with Gasteiger partial charge in [-0.05, 0) is 25.2 Å². The van der Waals surface area contributed by atoms with Crippen LogP contribution in [0.2, 0.25) is 0 Å². The third-order valence-electron chi connectivity index (χ3n) is 3.42. The van der Waals surface area contributed by atoms with E-state index in [0.717, 1.165) is 6.42 Å². The van der Waals surface area contributed by atoms with Crippen molar-refractivity contribution in [1.29, 1.82) is 0 Å². The number of nitrogens with one attached hydrogen (secondary N) is 1. The monoisotopic (exact) mass is 155 g/mol. The van der Waals surface area contributed by atoms with E-state index in [0.29, 0.717) is 18.0 Å². The van der Waals surface area contributed by atoms with Crippen LogP contribution in [0, 0.1) is 5.92 Å². The molecule has 2 rings (SSSR count). The summed E-state index contributed by atoms with van der Waals surface area (Å²) >= 11 is 0. The van der Waals surface area contributed by atoms with Crippen molar-refractivity contribution in [3.05, 3.63) is 0 Å². The number of aliphatic hydroxyl groups is 1. The molecule has 2 bridgehead atoms. The second kappa shape index (κ2) is 2.20.